The van der Waals surface area contributed by atoms with Gasteiger partial charge in [0, 0.05) is 32.5 Å². The van der Waals surface area contributed by atoms with Crippen LogP contribution < -0.4 is 15.4 Å². The van der Waals surface area contributed by atoms with Crippen LogP contribution in [0.2, 0.25) is 0 Å². The molecule has 0 amide bonds. The molecule has 1 aromatic heterocycles. The van der Waals surface area contributed by atoms with E-state index in [2.05, 4.69) is 20.6 Å². The minimum absolute atomic E-state index is 0. The van der Waals surface area contributed by atoms with Gasteiger partial charge in [0.1, 0.15) is 12.4 Å². The predicted molar refractivity (Wildman–Crippen MR) is 120 cm³/mol. The monoisotopic (exact) mass is 556 g/mol. The molecule has 1 aromatic carbocycles. The molecule has 2 rings (SSSR count). The molecule has 11 heteroatoms. The van der Waals surface area contributed by atoms with E-state index in [1.54, 1.807) is 25.4 Å². The highest BCUT2D eigenvalue weighted by molar-refractivity contribution is 14.0. The number of hydrogen-bond donors (Lipinski definition) is 2. The third-order valence-electron chi connectivity index (χ3n) is 3.92. The summed E-state index contributed by atoms with van der Waals surface area (Å²) in [6.45, 7) is 3.30. The van der Waals surface area contributed by atoms with Crippen LogP contribution in [0.3, 0.4) is 0 Å². The van der Waals surface area contributed by atoms with E-state index in [1.807, 2.05) is 6.92 Å². The Labute approximate surface area is 195 Å². The molecule has 0 saturated heterocycles. The standard InChI is InChI=1S/C20H24F4N4O2.HI/c1-3-25-19(27-12-14-4-7-18(26-11-14)30-9-8-29-2)28-13-15-5-6-16(21)10-17(15)20(22,23)24;/h4-7,10-11H,3,8-9,12-13H2,1-2H3,(H2,25,27,28);1H. The Morgan fingerprint density at radius 3 is 2.52 bits per heavy atom. The molecule has 0 fully saturated rings. The van der Waals surface area contributed by atoms with E-state index >= 15 is 0 Å². The second-order valence-corrected chi connectivity index (χ2v) is 6.19. The number of methoxy groups -OCH3 is 1. The van der Waals surface area contributed by atoms with Crippen molar-refractivity contribution in [1.82, 2.24) is 15.6 Å². The van der Waals surface area contributed by atoms with E-state index in [0.29, 0.717) is 37.7 Å². The van der Waals surface area contributed by atoms with Crippen LogP contribution in [-0.2, 0) is 24.0 Å². The van der Waals surface area contributed by atoms with Gasteiger partial charge in [-0.3, -0.25) is 0 Å². The summed E-state index contributed by atoms with van der Waals surface area (Å²) in [5.41, 5.74) is -0.295. The molecular weight excluding hydrogens is 531 g/mol. The van der Waals surface area contributed by atoms with Gasteiger partial charge in [0.05, 0.1) is 18.7 Å². The first-order valence-corrected chi connectivity index (χ1v) is 9.28. The summed E-state index contributed by atoms with van der Waals surface area (Å²) in [5.74, 6) is -0.148. The predicted octanol–water partition coefficient (Wildman–Crippen LogP) is 4.14. The van der Waals surface area contributed by atoms with E-state index in [0.717, 1.165) is 17.7 Å². The molecule has 0 spiro atoms. The van der Waals surface area contributed by atoms with Gasteiger partial charge in [-0.1, -0.05) is 12.1 Å². The fraction of sp³-hybridized carbons (Fsp3) is 0.400. The number of hydrogen-bond acceptors (Lipinski definition) is 4. The molecule has 0 unspecified atom stereocenters. The summed E-state index contributed by atoms with van der Waals surface area (Å²) in [5, 5.41) is 5.81. The lowest BCUT2D eigenvalue weighted by molar-refractivity contribution is -0.138. The van der Waals surface area contributed by atoms with Crippen molar-refractivity contribution < 1.29 is 27.0 Å². The third-order valence-corrected chi connectivity index (χ3v) is 3.92. The molecule has 31 heavy (non-hydrogen) atoms. The Morgan fingerprint density at radius 1 is 1.13 bits per heavy atom. The fourth-order valence-electron chi connectivity index (χ4n) is 2.48. The first kappa shape index (κ1) is 26.9. The largest absolute Gasteiger partial charge is 0.475 e. The number of pyridine rings is 1. The number of aliphatic imine (C=N–C) groups is 1. The minimum atomic E-state index is -4.65. The Hall–Kier alpha value is -2.15. The quantitative estimate of drug-likeness (QED) is 0.160. The summed E-state index contributed by atoms with van der Waals surface area (Å²) in [4.78, 5) is 8.52. The van der Waals surface area contributed by atoms with Crippen molar-refractivity contribution in [1.29, 1.82) is 0 Å². The number of benzene rings is 1. The van der Waals surface area contributed by atoms with E-state index in [4.69, 9.17) is 9.47 Å². The second-order valence-electron chi connectivity index (χ2n) is 6.19. The minimum Gasteiger partial charge on any atom is -0.475 e. The van der Waals surface area contributed by atoms with Gasteiger partial charge < -0.3 is 20.1 Å². The van der Waals surface area contributed by atoms with Gasteiger partial charge >= 0.3 is 6.18 Å². The van der Waals surface area contributed by atoms with E-state index in [1.165, 1.54) is 0 Å². The average molecular weight is 556 g/mol. The smallest absolute Gasteiger partial charge is 0.416 e. The second kappa shape index (κ2) is 13.3. The number of nitrogens with zero attached hydrogens (tertiary/aromatic N) is 2. The van der Waals surface area contributed by atoms with E-state index < -0.39 is 17.6 Å². The topological polar surface area (TPSA) is 67.8 Å². The molecule has 0 aliphatic carbocycles. The van der Waals surface area contributed by atoms with Gasteiger partial charge in [0.2, 0.25) is 5.88 Å². The van der Waals surface area contributed by atoms with Crippen molar-refractivity contribution in [3.8, 4) is 5.88 Å². The SMILES string of the molecule is CCNC(=NCc1ccc(OCCOC)nc1)NCc1ccc(F)cc1C(F)(F)F.I. The van der Waals surface area contributed by atoms with Crippen molar-refractivity contribution in [2.45, 2.75) is 26.2 Å². The molecular formula is C20H25F4IN4O2. The molecule has 0 atom stereocenters. The van der Waals surface area contributed by atoms with Crippen molar-refractivity contribution in [2.24, 2.45) is 4.99 Å². The van der Waals surface area contributed by atoms with E-state index in [-0.39, 0.29) is 42.6 Å². The number of rotatable bonds is 9. The lowest BCUT2D eigenvalue weighted by Crippen LogP contribution is -2.37. The summed E-state index contributed by atoms with van der Waals surface area (Å²) in [6.07, 6.45) is -3.04. The van der Waals surface area contributed by atoms with Crippen LogP contribution in [0, 0.1) is 5.82 Å². The maximum absolute atomic E-state index is 13.2. The van der Waals surface area contributed by atoms with Gasteiger partial charge in [0.25, 0.3) is 0 Å². The molecule has 6 nitrogen and oxygen atoms in total. The van der Waals surface area contributed by atoms with E-state index in [9.17, 15) is 17.6 Å². The van der Waals surface area contributed by atoms with Gasteiger partial charge in [-0.15, -0.1) is 24.0 Å². The Bertz CT molecular complexity index is 833. The van der Waals surface area contributed by atoms with Crippen LogP contribution in [0.1, 0.15) is 23.6 Å². The van der Waals surface area contributed by atoms with Gasteiger partial charge in [0.15, 0.2) is 5.96 Å². The van der Waals surface area contributed by atoms with Gasteiger partial charge in [-0.25, -0.2) is 14.4 Å². The Balaban J connectivity index is 0.00000480. The number of nitrogens with one attached hydrogen (secondary N) is 2. The summed E-state index contributed by atoms with van der Waals surface area (Å²) in [6, 6.07) is 6.10. The molecule has 0 radical (unpaired) electrons. The zero-order chi connectivity index (χ0) is 22.0. The average Bonchev–Trinajstić information content (AvgIpc) is 2.71. The Morgan fingerprint density at radius 2 is 1.90 bits per heavy atom. The maximum atomic E-state index is 13.2. The van der Waals surface area contributed by atoms with Gasteiger partial charge in [-0.2, -0.15) is 13.2 Å². The zero-order valence-electron chi connectivity index (χ0n) is 17.1. The van der Waals surface area contributed by atoms with Crippen molar-refractivity contribution in [3.63, 3.8) is 0 Å². The third kappa shape index (κ3) is 9.25. The lowest BCUT2D eigenvalue weighted by atomic mass is 10.1. The lowest BCUT2D eigenvalue weighted by Gasteiger charge is -2.16. The highest BCUT2D eigenvalue weighted by Gasteiger charge is 2.33. The maximum Gasteiger partial charge on any atom is 0.416 e. The first-order valence-electron chi connectivity index (χ1n) is 9.28. The van der Waals surface area contributed by atoms with Crippen molar-refractivity contribution in [3.05, 3.63) is 59.0 Å². The number of halogens is 5. The molecule has 0 bridgehead atoms. The van der Waals surface area contributed by atoms with Crippen LogP contribution in [0.15, 0.2) is 41.5 Å². The highest BCUT2D eigenvalue weighted by atomic mass is 127. The molecule has 0 saturated carbocycles. The van der Waals surface area contributed by atoms with Crippen LogP contribution in [0.5, 0.6) is 5.88 Å². The summed E-state index contributed by atoms with van der Waals surface area (Å²) >= 11 is 0. The molecule has 1 heterocycles. The molecule has 2 N–H and O–H groups in total. The first-order chi connectivity index (χ1) is 14.3. The van der Waals surface area contributed by atoms with Crippen LogP contribution in [0.25, 0.3) is 0 Å². The zero-order valence-corrected chi connectivity index (χ0v) is 19.5. The number of alkyl halides is 3. The van der Waals surface area contributed by atoms with Crippen LogP contribution in [0.4, 0.5) is 17.6 Å². The van der Waals surface area contributed by atoms with Crippen LogP contribution in [-0.4, -0.2) is 37.8 Å². The number of guanidine groups is 1. The van der Waals surface area contributed by atoms with Gasteiger partial charge in [-0.05, 0) is 30.2 Å². The normalized spacial score (nSPS) is 11.6. The van der Waals surface area contributed by atoms with Crippen molar-refractivity contribution >= 4 is 29.9 Å². The molecule has 2 aromatic rings. The fourth-order valence-corrected chi connectivity index (χ4v) is 2.48. The summed E-state index contributed by atoms with van der Waals surface area (Å²) in [7, 11) is 1.58. The summed E-state index contributed by atoms with van der Waals surface area (Å²) < 4.78 is 62.9. The number of ether oxygens (including phenoxy) is 2. The molecule has 0 aliphatic heterocycles. The molecule has 0 aliphatic rings. The van der Waals surface area contributed by atoms with Crippen LogP contribution >= 0.6 is 24.0 Å². The Kier molecular flexibility index (Phi) is 11.5. The molecule has 172 valence electrons. The van der Waals surface area contributed by atoms with Crippen molar-refractivity contribution in [2.75, 3.05) is 26.9 Å². The highest BCUT2D eigenvalue weighted by Crippen LogP contribution is 2.32. The number of aromatic nitrogens is 1.